The van der Waals surface area contributed by atoms with Gasteiger partial charge in [0.25, 0.3) is 0 Å². The topological polar surface area (TPSA) is 57.6 Å². The Balaban J connectivity index is 2.22. The molecule has 1 N–H and O–H groups in total. The van der Waals surface area contributed by atoms with Gasteiger partial charge in [-0.3, -0.25) is 9.59 Å². The van der Waals surface area contributed by atoms with Gasteiger partial charge in [0.1, 0.15) is 0 Å². The largest absolute Gasteiger partial charge is 0.481 e. The van der Waals surface area contributed by atoms with E-state index in [1.165, 1.54) is 11.8 Å². The number of amides is 1. The number of nitrogens with zero attached hydrogens (tertiary/aromatic N) is 1. The lowest BCUT2D eigenvalue weighted by Gasteiger charge is -2.31. The second kappa shape index (κ2) is 8.58. The van der Waals surface area contributed by atoms with Gasteiger partial charge < -0.3 is 10.0 Å². The van der Waals surface area contributed by atoms with Crippen molar-refractivity contribution in [1.29, 1.82) is 0 Å². The standard InChI is InChI=1S/C22H23Cl2NO3S/c1-22(2,3)12-25-17-9-8-13(23)10-15(17)20(14-6-4-5-7-16(14)24)29-18(21(25)28)11-19(26)27/h4-10,18,20H,11-12H2,1-3H3,(H,26,27). The Morgan fingerprint density at radius 1 is 1.14 bits per heavy atom. The van der Waals surface area contributed by atoms with Gasteiger partial charge in [-0.05, 0) is 40.8 Å². The van der Waals surface area contributed by atoms with Gasteiger partial charge in [-0.2, -0.15) is 0 Å². The molecule has 1 aliphatic heterocycles. The molecule has 1 amide bonds. The maximum atomic E-state index is 13.4. The summed E-state index contributed by atoms with van der Waals surface area (Å²) in [5.74, 6) is -1.21. The SMILES string of the molecule is CC(C)(C)CN1C(=O)C(CC(=O)O)SC(c2ccccc2Cl)c2cc(Cl)ccc21. The quantitative estimate of drug-likeness (QED) is 0.614. The number of fused-ring (bicyclic) bond motifs is 1. The lowest BCUT2D eigenvalue weighted by atomic mass is 9.94. The van der Waals surface area contributed by atoms with Gasteiger partial charge in [-0.25, -0.2) is 0 Å². The van der Waals surface area contributed by atoms with Crippen molar-refractivity contribution < 1.29 is 14.7 Å². The number of thioether (sulfide) groups is 1. The summed E-state index contributed by atoms with van der Waals surface area (Å²) >= 11 is 14.1. The van der Waals surface area contributed by atoms with Crippen LogP contribution in [0.3, 0.4) is 0 Å². The molecule has 0 spiro atoms. The molecule has 1 heterocycles. The van der Waals surface area contributed by atoms with Gasteiger partial charge in [0, 0.05) is 22.3 Å². The molecule has 2 atom stereocenters. The van der Waals surface area contributed by atoms with Crippen LogP contribution >= 0.6 is 35.0 Å². The van der Waals surface area contributed by atoms with E-state index < -0.39 is 11.2 Å². The number of carbonyl (C=O) groups is 2. The molecule has 0 radical (unpaired) electrons. The third-order valence-electron chi connectivity index (χ3n) is 4.58. The Morgan fingerprint density at radius 3 is 2.45 bits per heavy atom. The zero-order valence-electron chi connectivity index (χ0n) is 16.5. The lowest BCUT2D eigenvalue weighted by Crippen LogP contribution is -2.42. The number of rotatable bonds is 4. The number of carboxylic acids is 1. The molecular formula is C22H23Cl2NO3S. The fourth-order valence-electron chi connectivity index (χ4n) is 3.43. The molecule has 2 aromatic rings. The fourth-order valence-corrected chi connectivity index (χ4v) is 5.42. The maximum absolute atomic E-state index is 13.4. The first kappa shape index (κ1) is 22.0. The third kappa shape index (κ3) is 5.08. The highest BCUT2D eigenvalue weighted by molar-refractivity contribution is 8.01. The van der Waals surface area contributed by atoms with Crippen LogP contribution in [-0.2, 0) is 9.59 Å². The fraction of sp³-hybridized carbons (Fsp3) is 0.364. The van der Waals surface area contributed by atoms with Crippen molar-refractivity contribution in [3.8, 4) is 0 Å². The highest BCUT2D eigenvalue weighted by Crippen LogP contribution is 2.49. The number of anilines is 1. The molecular weight excluding hydrogens is 429 g/mol. The lowest BCUT2D eigenvalue weighted by molar-refractivity contribution is -0.138. The number of hydrogen-bond acceptors (Lipinski definition) is 3. The zero-order valence-corrected chi connectivity index (χ0v) is 18.8. The maximum Gasteiger partial charge on any atom is 0.305 e. The second-order valence-electron chi connectivity index (χ2n) is 8.31. The summed E-state index contributed by atoms with van der Waals surface area (Å²) in [7, 11) is 0. The van der Waals surface area contributed by atoms with Crippen LogP contribution in [0.4, 0.5) is 5.69 Å². The Morgan fingerprint density at radius 2 is 1.83 bits per heavy atom. The molecule has 4 nitrogen and oxygen atoms in total. The van der Waals surface area contributed by atoms with Gasteiger partial charge in [-0.1, -0.05) is 62.2 Å². The molecule has 2 unspecified atom stereocenters. The molecule has 0 saturated carbocycles. The number of aliphatic carboxylic acids is 1. The van der Waals surface area contributed by atoms with Crippen LogP contribution in [0.25, 0.3) is 0 Å². The molecule has 0 saturated heterocycles. The molecule has 2 aromatic carbocycles. The first-order valence-corrected chi connectivity index (χ1v) is 11.0. The van der Waals surface area contributed by atoms with Gasteiger partial charge >= 0.3 is 5.97 Å². The Labute approximate surface area is 185 Å². The van der Waals surface area contributed by atoms with Gasteiger partial charge in [-0.15, -0.1) is 11.8 Å². The summed E-state index contributed by atoms with van der Waals surface area (Å²) < 4.78 is 0. The number of carboxylic acid groups (broad SMARTS) is 1. The number of carbonyl (C=O) groups excluding carboxylic acids is 1. The van der Waals surface area contributed by atoms with Crippen molar-refractivity contribution in [3.63, 3.8) is 0 Å². The molecule has 154 valence electrons. The minimum absolute atomic E-state index is 0.171. The first-order chi connectivity index (χ1) is 13.6. The smallest absolute Gasteiger partial charge is 0.305 e. The monoisotopic (exact) mass is 451 g/mol. The van der Waals surface area contributed by atoms with Crippen molar-refractivity contribution >= 4 is 52.5 Å². The summed E-state index contributed by atoms with van der Waals surface area (Å²) in [5.41, 5.74) is 2.28. The Hall–Kier alpha value is -1.69. The Kier molecular flexibility index (Phi) is 6.51. The first-order valence-electron chi connectivity index (χ1n) is 9.29. The van der Waals surface area contributed by atoms with E-state index in [0.29, 0.717) is 16.6 Å². The van der Waals surface area contributed by atoms with Crippen LogP contribution in [0.2, 0.25) is 10.0 Å². The van der Waals surface area contributed by atoms with Crippen LogP contribution in [0.1, 0.15) is 43.6 Å². The summed E-state index contributed by atoms with van der Waals surface area (Å²) in [6, 6.07) is 12.9. The number of halogens is 2. The normalized spacial score (nSPS) is 19.6. The number of hydrogen-bond donors (Lipinski definition) is 1. The average molecular weight is 452 g/mol. The Bertz CT molecular complexity index is 942. The summed E-state index contributed by atoms with van der Waals surface area (Å²) in [6.45, 7) is 6.61. The van der Waals surface area contributed by atoms with Crippen molar-refractivity contribution in [2.75, 3.05) is 11.4 Å². The van der Waals surface area contributed by atoms with Crippen molar-refractivity contribution in [2.24, 2.45) is 5.41 Å². The van der Waals surface area contributed by atoms with Crippen LogP contribution in [0.15, 0.2) is 42.5 Å². The summed E-state index contributed by atoms with van der Waals surface area (Å²) in [6.07, 6.45) is -0.257. The molecule has 0 bridgehead atoms. The predicted octanol–water partition coefficient (Wildman–Crippen LogP) is 6.05. The molecule has 7 heteroatoms. The van der Waals surface area contributed by atoms with E-state index in [1.54, 1.807) is 17.0 Å². The van der Waals surface area contributed by atoms with Crippen molar-refractivity contribution in [2.45, 2.75) is 37.7 Å². The minimum Gasteiger partial charge on any atom is -0.481 e. The van der Waals surface area contributed by atoms with E-state index in [1.807, 2.05) is 51.1 Å². The van der Waals surface area contributed by atoms with E-state index in [-0.39, 0.29) is 23.0 Å². The predicted molar refractivity (Wildman–Crippen MR) is 120 cm³/mol. The van der Waals surface area contributed by atoms with Gasteiger partial charge in [0.15, 0.2) is 0 Å². The summed E-state index contributed by atoms with van der Waals surface area (Å²) in [5, 5.41) is 9.52. The van der Waals surface area contributed by atoms with Crippen molar-refractivity contribution in [1.82, 2.24) is 0 Å². The van der Waals surface area contributed by atoms with Gasteiger partial charge in [0.05, 0.1) is 16.9 Å². The third-order valence-corrected chi connectivity index (χ3v) is 6.64. The number of benzene rings is 2. The molecule has 3 rings (SSSR count). The van der Waals surface area contributed by atoms with E-state index >= 15 is 0 Å². The van der Waals surface area contributed by atoms with E-state index in [2.05, 4.69) is 0 Å². The molecule has 0 fully saturated rings. The van der Waals surface area contributed by atoms with E-state index in [0.717, 1.165) is 16.8 Å². The van der Waals surface area contributed by atoms with Crippen molar-refractivity contribution in [3.05, 3.63) is 63.6 Å². The van der Waals surface area contributed by atoms with Crippen LogP contribution < -0.4 is 4.90 Å². The van der Waals surface area contributed by atoms with Crippen LogP contribution in [0.5, 0.6) is 0 Å². The zero-order chi connectivity index (χ0) is 21.3. The van der Waals surface area contributed by atoms with E-state index in [9.17, 15) is 14.7 Å². The van der Waals surface area contributed by atoms with E-state index in [4.69, 9.17) is 23.2 Å². The van der Waals surface area contributed by atoms with Crippen LogP contribution in [0, 0.1) is 5.41 Å². The second-order valence-corrected chi connectivity index (χ2v) is 10.5. The average Bonchev–Trinajstić information content (AvgIpc) is 2.71. The summed E-state index contributed by atoms with van der Waals surface area (Å²) in [4.78, 5) is 26.7. The highest BCUT2D eigenvalue weighted by Gasteiger charge is 2.39. The minimum atomic E-state index is -1.01. The van der Waals surface area contributed by atoms with Crippen LogP contribution in [-0.4, -0.2) is 28.8 Å². The molecule has 0 aliphatic carbocycles. The highest BCUT2D eigenvalue weighted by atomic mass is 35.5. The molecule has 1 aliphatic rings. The molecule has 29 heavy (non-hydrogen) atoms. The van der Waals surface area contributed by atoms with Gasteiger partial charge in [0.2, 0.25) is 5.91 Å². The molecule has 0 aromatic heterocycles.